The maximum Gasteiger partial charge on any atom is 0.317 e. The van der Waals surface area contributed by atoms with Gasteiger partial charge in [0.2, 0.25) is 0 Å². The summed E-state index contributed by atoms with van der Waals surface area (Å²) >= 11 is 0. The van der Waals surface area contributed by atoms with Gasteiger partial charge in [0.15, 0.2) is 0 Å². The molecule has 6 heteroatoms. The average molecular weight is 344 g/mol. The molecule has 1 aromatic rings. The smallest absolute Gasteiger partial charge is 0.317 e. The first-order valence-corrected chi connectivity index (χ1v) is 9.21. The van der Waals surface area contributed by atoms with Crippen molar-refractivity contribution in [3.05, 3.63) is 35.9 Å². The Kier molecular flexibility index (Phi) is 5.91. The molecule has 2 aliphatic heterocycles. The number of piperidine rings is 2. The molecule has 136 valence electrons. The monoisotopic (exact) mass is 344 g/mol. The molecule has 2 N–H and O–H groups in total. The van der Waals surface area contributed by atoms with Crippen LogP contribution in [0.25, 0.3) is 0 Å². The van der Waals surface area contributed by atoms with Crippen LogP contribution in [0.15, 0.2) is 30.3 Å². The van der Waals surface area contributed by atoms with E-state index in [4.69, 9.17) is 0 Å². The molecule has 2 fully saturated rings. The predicted octanol–water partition coefficient (Wildman–Crippen LogP) is 1.54. The van der Waals surface area contributed by atoms with Gasteiger partial charge in [-0.2, -0.15) is 0 Å². The van der Waals surface area contributed by atoms with Crippen molar-refractivity contribution in [2.24, 2.45) is 5.92 Å². The van der Waals surface area contributed by atoms with Gasteiger partial charge in [0, 0.05) is 37.8 Å². The zero-order chi connectivity index (χ0) is 17.6. The molecule has 6 nitrogen and oxygen atoms in total. The van der Waals surface area contributed by atoms with Crippen molar-refractivity contribution in [3.63, 3.8) is 0 Å². The van der Waals surface area contributed by atoms with Crippen molar-refractivity contribution in [2.75, 3.05) is 39.8 Å². The normalized spacial score (nSPS) is 23.6. The topological polar surface area (TPSA) is 64.7 Å². The molecule has 2 heterocycles. The number of rotatable bonds is 4. The fraction of sp³-hybridized carbons (Fsp3) is 0.579. The van der Waals surface area contributed by atoms with Crippen molar-refractivity contribution in [3.8, 4) is 0 Å². The Labute approximate surface area is 149 Å². The Morgan fingerprint density at radius 1 is 1.08 bits per heavy atom. The summed E-state index contributed by atoms with van der Waals surface area (Å²) in [5.74, 6) is 0.483. The number of fused-ring (bicyclic) bond motifs is 1. The van der Waals surface area contributed by atoms with Gasteiger partial charge in [-0.05, 0) is 50.9 Å². The van der Waals surface area contributed by atoms with Gasteiger partial charge < -0.3 is 20.4 Å². The third-order valence-corrected chi connectivity index (χ3v) is 5.36. The summed E-state index contributed by atoms with van der Waals surface area (Å²) in [6.45, 7) is 3.71. The molecular weight excluding hydrogens is 316 g/mol. The van der Waals surface area contributed by atoms with Crippen molar-refractivity contribution in [2.45, 2.75) is 25.3 Å². The number of nitrogens with zero attached hydrogens (tertiary/aromatic N) is 2. The van der Waals surface area contributed by atoms with Gasteiger partial charge in [0.05, 0.1) is 0 Å². The lowest BCUT2D eigenvalue weighted by Gasteiger charge is -2.45. The molecule has 0 radical (unpaired) electrons. The molecule has 3 amide bonds. The van der Waals surface area contributed by atoms with E-state index in [1.54, 1.807) is 12.1 Å². The van der Waals surface area contributed by atoms with Gasteiger partial charge in [-0.25, -0.2) is 4.79 Å². The summed E-state index contributed by atoms with van der Waals surface area (Å²) in [5.41, 5.74) is 0.636. The SMILES string of the molecule is CN1CCCC2CN(C(=O)NCCNC(=O)c3ccccc3)CCC21. The van der Waals surface area contributed by atoms with Crippen molar-refractivity contribution >= 4 is 11.9 Å². The standard InChI is InChI=1S/C19H28N4O2/c1-22-12-5-8-16-14-23(13-9-17(16)22)19(25)21-11-10-20-18(24)15-6-3-2-4-7-15/h2-4,6-7,16-17H,5,8-14H2,1H3,(H,20,24)(H,21,25). The second-order valence-corrected chi connectivity index (χ2v) is 7.04. The molecule has 0 saturated carbocycles. The minimum atomic E-state index is -0.110. The number of benzene rings is 1. The van der Waals surface area contributed by atoms with Crippen molar-refractivity contribution < 1.29 is 9.59 Å². The third kappa shape index (κ3) is 4.51. The van der Waals surface area contributed by atoms with E-state index in [0.717, 1.165) is 19.5 Å². The van der Waals surface area contributed by atoms with E-state index >= 15 is 0 Å². The number of nitrogens with one attached hydrogen (secondary N) is 2. The summed E-state index contributed by atoms with van der Waals surface area (Å²) in [5, 5.41) is 5.75. The molecule has 0 aromatic heterocycles. The number of carbonyl (C=O) groups excluding carboxylic acids is 2. The summed E-state index contributed by atoms with van der Waals surface area (Å²) in [4.78, 5) is 28.7. The highest BCUT2D eigenvalue weighted by Gasteiger charge is 2.35. The molecule has 2 unspecified atom stereocenters. The van der Waals surface area contributed by atoms with Crippen LogP contribution in [0.2, 0.25) is 0 Å². The van der Waals surface area contributed by atoms with E-state index < -0.39 is 0 Å². The molecule has 0 bridgehead atoms. The largest absolute Gasteiger partial charge is 0.350 e. The van der Waals surface area contributed by atoms with Crippen LogP contribution in [0.3, 0.4) is 0 Å². The average Bonchev–Trinajstić information content (AvgIpc) is 2.65. The minimum absolute atomic E-state index is 0.0133. The summed E-state index contributed by atoms with van der Waals surface area (Å²) in [7, 11) is 2.20. The highest BCUT2D eigenvalue weighted by molar-refractivity contribution is 5.94. The van der Waals surface area contributed by atoms with Gasteiger partial charge in [-0.3, -0.25) is 4.79 Å². The highest BCUT2D eigenvalue weighted by atomic mass is 16.2. The van der Waals surface area contributed by atoms with Crippen LogP contribution in [-0.2, 0) is 0 Å². The first kappa shape index (κ1) is 17.7. The lowest BCUT2D eigenvalue weighted by molar-refractivity contribution is 0.0516. The summed E-state index contributed by atoms with van der Waals surface area (Å²) in [6.07, 6.45) is 3.49. The van der Waals surface area contributed by atoms with Crippen LogP contribution >= 0.6 is 0 Å². The Morgan fingerprint density at radius 3 is 2.64 bits per heavy atom. The molecule has 1 aromatic carbocycles. The van der Waals surface area contributed by atoms with Crippen molar-refractivity contribution in [1.29, 1.82) is 0 Å². The molecule has 2 saturated heterocycles. The molecule has 25 heavy (non-hydrogen) atoms. The van der Waals surface area contributed by atoms with Crippen molar-refractivity contribution in [1.82, 2.24) is 20.4 Å². The lowest BCUT2D eigenvalue weighted by atomic mass is 9.84. The fourth-order valence-corrected chi connectivity index (χ4v) is 3.99. The van der Waals surface area contributed by atoms with Gasteiger partial charge >= 0.3 is 6.03 Å². The number of hydrogen-bond donors (Lipinski definition) is 2. The number of urea groups is 1. The predicted molar refractivity (Wildman–Crippen MR) is 97.5 cm³/mol. The quantitative estimate of drug-likeness (QED) is 0.815. The van der Waals surface area contributed by atoms with E-state index in [2.05, 4.69) is 22.6 Å². The Morgan fingerprint density at radius 2 is 1.84 bits per heavy atom. The Bertz CT molecular complexity index is 592. The van der Waals surface area contributed by atoms with Crippen LogP contribution in [0.4, 0.5) is 4.79 Å². The van der Waals surface area contributed by atoms with E-state index in [0.29, 0.717) is 30.6 Å². The van der Waals surface area contributed by atoms with Crippen LogP contribution in [0.5, 0.6) is 0 Å². The molecule has 0 aliphatic carbocycles. The van der Waals surface area contributed by atoms with Crippen LogP contribution in [-0.4, -0.2) is 67.6 Å². The number of carbonyl (C=O) groups is 2. The van der Waals surface area contributed by atoms with E-state index in [9.17, 15) is 9.59 Å². The first-order chi connectivity index (χ1) is 12.1. The number of likely N-dealkylation sites (tertiary alicyclic amines) is 2. The maximum atomic E-state index is 12.4. The van der Waals surface area contributed by atoms with Gasteiger partial charge in [0.25, 0.3) is 5.91 Å². The van der Waals surface area contributed by atoms with Crippen LogP contribution in [0.1, 0.15) is 29.6 Å². The van der Waals surface area contributed by atoms with Gasteiger partial charge in [0.1, 0.15) is 0 Å². The third-order valence-electron chi connectivity index (χ3n) is 5.36. The summed E-state index contributed by atoms with van der Waals surface area (Å²) in [6, 6.07) is 9.72. The van der Waals surface area contributed by atoms with Gasteiger partial charge in [-0.15, -0.1) is 0 Å². The highest BCUT2D eigenvalue weighted by Crippen LogP contribution is 2.29. The first-order valence-electron chi connectivity index (χ1n) is 9.21. The van der Waals surface area contributed by atoms with Gasteiger partial charge in [-0.1, -0.05) is 18.2 Å². The molecule has 2 aliphatic rings. The lowest BCUT2D eigenvalue weighted by Crippen LogP contribution is -2.56. The Balaban J connectivity index is 1.37. The zero-order valence-corrected chi connectivity index (χ0v) is 14.9. The molecule has 3 rings (SSSR count). The molecule has 2 atom stereocenters. The van der Waals surface area contributed by atoms with Crippen LogP contribution in [0, 0.1) is 5.92 Å². The second-order valence-electron chi connectivity index (χ2n) is 7.04. The Hall–Kier alpha value is -2.08. The van der Waals surface area contributed by atoms with E-state index in [1.807, 2.05) is 23.1 Å². The molecular formula is C19H28N4O2. The van der Waals surface area contributed by atoms with E-state index in [1.165, 1.54) is 19.4 Å². The minimum Gasteiger partial charge on any atom is -0.350 e. The zero-order valence-electron chi connectivity index (χ0n) is 14.9. The number of amides is 3. The fourth-order valence-electron chi connectivity index (χ4n) is 3.99. The van der Waals surface area contributed by atoms with Crippen LogP contribution < -0.4 is 10.6 Å². The number of hydrogen-bond acceptors (Lipinski definition) is 3. The second kappa shape index (κ2) is 8.34. The maximum absolute atomic E-state index is 12.4. The summed E-state index contributed by atoms with van der Waals surface area (Å²) < 4.78 is 0. The van der Waals surface area contributed by atoms with E-state index in [-0.39, 0.29) is 11.9 Å². The molecule has 0 spiro atoms.